The maximum Gasteiger partial charge on any atom is 0.272 e. The van der Waals surface area contributed by atoms with Gasteiger partial charge >= 0.3 is 0 Å². The maximum absolute atomic E-state index is 12.0. The summed E-state index contributed by atoms with van der Waals surface area (Å²) >= 11 is 0. The summed E-state index contributed by atoms with van der Waals surface area (Å²) in [5, 5.41) is 5.72. The molecule has 2 N–H and O–H groups in total. The monoisotopic (exact) mass is 309 g/mol. The number of anilines is 1. The number of H-pyrrole nitrogens is 1. The van der Waals surface area contributed by atoms with Crippen LogP contribution >= 0.6 is 0 Å². The maximum atomic E-state index is 12.0. The lowest BCUT2D eigenvalue weighted by Crippen LogP contribution is -2.30. The van der Waals surface area contributed by atoms with E-state index < -0.39 is 0 Å². The number of nitrogens with zero attached hydrogens (tertiary/aromatic N) is 3. The van der Waals surface area contributed by atoms with Crippen LogP contribution in [0.1, 0.15) is 11.3 Å². The number of aromatic nitrogens is 3. The van der Waals surface area contributed by atoms with E-state index in [4.69, 9.17) is 0 Å². The van der Waals surface area contributed by atoms with E-state index in [0.29, 0.717) is 24.4 Å². The highest BCUT2D eigenvalue weighted by Crippen LogP contribution is 2.21. The molecule has 0 radical (unpaired) electrons. The molecule has 2 aromatic heterocycles. The molecule has 116 valence electrons. The molecule has 23 heavy (non-hydrogen) atoms. The minimum absolute atomic E-state index is 0.0607. The quantitative estimate of drug-likeness (QED) is 0.739. The smallest absolute Gasteiger partial charge is 0.272 e. The fourth-order valence-corrected chi connectivity index (χ4v) is 2.87. The molecule has 0 fully saturated rings. The van der Waals surface area contributed by atoms with E-state index in [-0.39, 0.29) is 18.0 Å². The van der Waals surface area contributed by atoms with Crippen LogP contribution in [0.25, 0.3) is 5.65 Å². The van der Waals surface area contributed by atoms with Gasteiger partial charge in [-0.2, -0.15) is 0 Å². The Morgan fingerprint density at radius 1 is 1.13 bits per heavy atom. The van der Waals surface area contributed by atoms with E-state index >= 15 is 0 Å². The van der Waals surface area contributed by atoms with Crippen molar-refractivity contribution in [1.82, 2.24) is 19.5 Å². The van der Waals surface area contributed by atoms with Gasteiger partial charge in [-0.3, -0.25) is 19.6 Å². The van der Waals surface area contributed by atoms with Crippen molar-refractivity contribution in [3.63, 3.8) is 0 Å². The van der Waals surface area contributed by atoms with Gasteiger partial charge in [-0.25, -0.2) is 9.50 Å². The minimum atomic E-state index is -0.158. The Balaban J connectivity index is 1.64. The van der Waals surface area contributed by atoms with Gasteiger partial charge in [-0.1, -0.05) is 18.2 Å². The molecule has 1 amide bonds. The number of aromatic amines is 1. The summed E-state index contributed by atoms with van der Waals surface area (Å²) in [5.74, 6) is -0.0607. The van der Waals surface area contributed by atoms with Crippen molar-refractivity contribution in [3.8, 4) is 0 Å². The van der Waals surface area contributed by atoms with Gasteiger partial charge in [0, 0.05) is 37.1 Å². The van der Waals surface area contributed by atoms with Gasteiger partial charge in [0.1, 0.15) is 0 Å². The highest BCUT2D eigenvalue weighted by molar-refractivity contribution is 5.93. The van der Waals surface area contributed by atoms with Gasteiger partial charge < -0.3 is 5.32 Å². The molecule has 1 aliphatic rings. The Morgan fingerprint density at radius 3 is 2.91 bits per heavy atom. The Bertz CT molecular complexity index is 943. The lowest BCUT2D eigenvalue weighted by molar-refractivity contribution is -0.117. The van der Waals surface area contributed by atoms with Gasteiger partial charge in [0.25, 0.3) is 5.56 Å². The highest BCUT2D eigenvalue weighted by Gasteiger charge is 2.19. The first-order valence-electron chi connectivity index (χ1n) is 7.35. The predicted octanol–water partition coefficient (Wildman–Crippen LogP) is 0.977. The first-order valence-corrected chi connectivity index (χ1v) is 7.35. The standard InChI is InChI=1S/C16H15N5O2/c22-15-10-20(8-11-3-1-2-4-13(11)19-15)9-12-7-16(23)21-14(18-12)5-6-17-21/h1-7,17H,8-10H2,(H,19,22). The number of hydrogen-bond acceptors (Lipinski definition) is 4. The van der Waals surface area contributed by atoms with E-state index in [1.807, 2.05) is 29.2 Å². The third-order valence-corrected chi connectivity index (χ3v) is 3.87. The van der Waals surface area contributed by atoms with Crippen molar-refractivity contribution in [2.75, 3.05) is 11.9 Å². The SMILES string of the molecule is O=C1CN(Cc2cc(=O)n3[nH]ccc3n2)Cc2ccccc2N1. The molecule has 3 heterocycles. The van der Waals surface area contributed by atoms with Gasteiger partial charge in [0.2, 0.25) is 5.91 Å². The molecule has 0 spiro atoms. The fraction of sp³-hybridized carbons (Fsp3) is 0.188. The van der Waals surface area contributed by atoms with Crippen LogP contribution in [0.2, 0.25) is 0 Å². The molecule has 0 bridgehead atoms. The van der Waals surface area contributed by atoms with Gasteiger partial charge in [-0.15, -0.1) is 0 Å². The average Bonchev–Trinajstić information content (AvgIpc) is 2.91. The van der Waals surface area contributed by atoms with Crippen molar-refractivity contribution in [3.05, 3.63) is 64.2 Å². The number of carbonyl (C=O) groups is 1. The molecule has 7 nitrogen and oxygen atoms in total. The lowest BCUT2D eigenvalue weighted by atomic mass is 10.1. The predicted molar refractivity (Wildman–Crippen MR) is 85.0 cm³/mol. The summed E-state index contributed by atoms with van der Waals surface area (Å²) in [7, 11) is 0. The molecule has 7 heteroatoms. The van der Waals surface area contributed by atoms with Gasteiger partial charge in [-0.05, 0) is 11.6 Å². The molecule has 1 aromatic carbocycles. The van der Waals surface area contributed by atoms with Gasteiger partial charge in [0.05, 0.1) is 12.2 Å². The number of para-hydroxylation sites is 1. The minimum Gasteiger partial charge on any atom is -0.325 e. The molecular weight excluding hydrogens is 294 g/mol. The van der Waals surface area contributed by atoms with E-state index in [9.17, 15) is 9.59 Å². The molecule has 0 aliphatic carbocycles. The summed E-state index contributed by atoms with van der Waals surface area (Å²) in [4.78, 5) is 30.5. The summed E-state index contributed by atoms with van der Waals surface area (Å²) in [6.45, 7) is 1.34. The van der Waals surface area contributed by atoms with Crippen molar-refractivity contribution >= 4 is 17.2 Å². The fourth-order valence-electron chi connectivity index (χ4n) is 2.87. The number of hydrogen-bond donors (Lipinski definition) is 2. The first-order chi connectivity index (χ1) is 11.2. The number of fused-ring (bicyclic) bond motifs is 2. The van der Waals surface area contributed by atoms with Crippen molar-refractivity contribution in [2.45, 2.75) is 13.1 Å². The summed E-state index contributed by atoms with van der Waals surface area (Å²) < 4.78 is 1.38. The number of carbonyl (C=O) groups excluding carboxylic acids is 1. The van der Waals surface area contributed by atoms with Crippen molar-refractivity contribution < 1.29 is 4.79 Å². The van der Waals surface area contributed by atoms with E-state index in [1.54, 1.807) is 12.3 Å². The molecule has 0 saturated carbocycles. The Labute approximate surface area is 131 Å². The van der Waals surface area contributed by atoms with Crippen molar-refractivity contribution in [2.24, 2.45) is 0 Å². The van der Waals surface area contributed by atoms with Crippen LogP contribution in [0.15, 0.2) is 47.4 Å². The molecule has 4 rings (SSSR count). The molecule has 3 aromatic rings. The summed E-state index contributed by atoms with van der Waals surface area (Å²) in [5.41, 5.74) is 2.97. The van der Waals surface area contributed by atoms with E-state index in [2.05, 4.69) is 15.4 Å². The van der Waals surface area contributed by atoms with Crippen LogP contribution in [0, 0.1) is 0 Å². The third kappa shape index (κ3) is 2.62. The van der Waals surface area contributed by atoms with Crippen LogP contribution in [-0.2, 0) is 17.9 Å². The highest BCUT2D eigenvalue weighted by atomic mass is 16.2. The lowest BCUT2D eigenvalue weighted by Gasteiger charge is -2.18. The Hall–Kier alpha value is -2.93. The van der Waals surface area contributed by atoms with Crippen LogP contribution < -0.4 is 10.9 Å². The zero-order chi connectivity index (χ0) is 15.8. The number of rotatable bonds is 2. The summed E-state index contributed by atoms with van der Waals surface area (Å²) in [6.07, 6.45) is 1.67. The Morgan fingerprint density at radius 2 is 2.00 bits per heavy atom. The molecule has 0 unspecified atom stereocenters. The second kappa shape index (κ2) is 5.36. The molecular formula is C16H15N5O2. The van der Waals surface area contributed by atoms with Crippen LogP contribution in [-0.4, -0.2) is 31.9 Å². The molecule has 1 aliphatic heterocycles. The van der Waals surface area contributed by atoms with Crippen LogP contribution in [0.3, 0.4) is 0 Å². The van der Waals surface area contributed by atoms with Crippen LogP contribution in [0.4, 0.5) is 5.69 Å². The van der Waals surface area contributed by atoms with Gasteiger partial charge in [0.15, 0.2) is 5.65 Å². The van der Waals surface area contributed by atoms with E-state index in [1.165, 1.54) is 10.6 Å². The van der Waals surface area contributed by atoms with Crippen LogP contribution in [0.5, 0.6) is 0 Å². The average molecular weight is 309 g/mol. The zero-order valence-electron chi connectivity index (χ0n) is 12.3. The zero-order valence-corrected chi connectivity index (χ0v) is 12.3. The van der Waals surface area contributed by atoms with Crippen molar-refractivity contribution in [1.29, 1.82) is 0 Å². The first kappa shape index (κ1) is 13.7. The number of amides is 1. The number of benzene rings is 1. The molecule has 0 atom stereocenters. The second-order valence-corrected chi connectivity index (χ2v) is 5.59. The third-order valence-electron chi connectivity index (χ3n) is 3.87. The topological polar surface area (TPSA) is 82.5 Å². The summed E-state index contributed by atoms with van der Waals surface area (Å²) in [6, 6.07) is 11.0. The Kier molecular flexibility index (Phi) is 3.20. The second-order valence-electron chi connectivity index (χ2n) is 5.59. The normalized spacial score (nSPS) is 15.2. The largest absolute Gasteiger partial charge is 0.325 e. The molecule has 0 saturated heterocycles. The van der Waals surface area contributed by atoms with E-state index in [0.717, 1.165) is 11.3 Å². The number of nitrogens with one attached hydrogen (secondary N) is 2.